The Hall–Kier alpha value is -1.63. The minimum atomic E-state index is 0.473. The predicted octanol–water partition coefficient (Wildman–Crippen LogP) is 3.65. The lowest BCUT2D eigenvalue weighted by Crippen LogP contribution is -2.37. The molecule has 1 aliphatic rings. The van der Waals surface area contributed by atoms with Crippen molar-refractivity contribution >= 4 is 39.0 Å². The zero-order chi connectivity index (χ0) is 15.8. The van der Waals surface area contributed by atoms with Crippen LogP contribution in [0, 0.1) is 0 Å². The Morgan fingerprint density at radius 2 is 1.83 bits per heavy atom. The Morgan fingerprint density at radius 1 is 1.09 bits per heavy atom. The Kier molecular flexibility index (Phi) is 3.97. The van der Waals surface area contributed by atoms with Gasteiger partial charge in [-0.15, -0.1) is 0 Å². The Balaban J connectivity index is 1.82. The van der Waals surface area contributed by atoms with Crippen molar-refractivity contribution in [1.29, 1.82) is 0 Å². The van der Waals surface area contributed by atoms with Gasteiger partial charge in [0.2, 0.25) is 0 Å². The Bertz CT molecular complexity index is 843. The summed E-state index contributed by atoms with van der Waals surface area (Å²) >= 11 is 9.65. The number of anilines is 1. The van der Waals surface area contributed by atoms with E-state index in [0.717, 1.165) is 40.3 Å². The molecule has 118 valence electrons. The highest BCUT2D eigenvalue weighted by Gasteiger charge is 2.17. The van der Waals surface area contributed by atoms with E-state index in [4.69, 9.17) is 21.4 Å². The molecule has 0 radical (unpaired) electrons. The minimum absolute atomic E-state index is 0.473. The van der Waals surface area contributed by atoms with Crippen LogP contribution in [-0.4, -0.2) is 40.9 Å². The lowest BCUT2D eigenvalue weighted by molar-refractivity contribution is 0.122. The molecule has 1 aromatic carbocycles. The first-order valence-corrected chi connectivity index (χ1v) is 8.53. The van der Waals surface area contributed by atoms with Crippen molar-refractivity contribution in [1.82, 2.24) is 14.6 Å². The average molecular weight is 394 g/mol. The third-order valence-electron chi connectivity index (χ3n) is 3.85. The summed E-state index contributed by atoms with van der Waals surface area (Å²) in [6.45, 7) is 3.07. The quantitative estimate of drug-likeness (QED) is 0.623. The number of aromatic nitrogens is 3. The normalized spacial score (nSPS) is 15.3. The van der Waals surface area contributed by atoms with Crippen LogP contribution < -0.4 is 4.90 Å². The van der Waals surface area contributed by atoms with Gasteiger partial charge in [-0.1, -0.05) is 39.7 Å². The average Bonchev–Trinajstić information content (AvgIpc) is 2.99. The fourth-order valence-corrected chi connectivity index (χ4v) is 3.16. The second-order valence-corrected chi connectivity index (χ2v) is 6.65. The number of hydrogen-bond acceptors (Lipinski definition) is 4. The van der Waals surface area contributed by atoms with Crippen molar-refractivity contribution < 1.29 is 4.74 Å². The number of benzene rings is 1. The molecule has 5 nitrogen and oxygen atoms in total. The van der Waals surface area contributed by atoms with Gasteiger partial charge < -0.3 is 9.64 Å². The highest BCUT2D eigenvalue weighted by atomic mass is 79.9. The highest BCUT2D eigenvalue weighted by Crippen LogP contribution is 2.26. The van der Waals surface area contributed by atoms with E-state index >= 15 is 0 Å². The molecule has 1 aliphatic heterocycles. The van der Waals surface area contributed by atoms with Gasteiger partial charge in [-0.3, -0.25) is 0 Å². The molecule has 3 aromatic rings. The molecule has 1 saturated heterocycles. The zero-order valence-corrected chi connectivity index (χ0v) is 14.6. The highest BCUT2D eigenvalue weighted by molar-refractivity contribution is 9.10. The van der Waals surface area contributed by atoms with Gasteiger partial charge in [-0.25, -0.2) is 4.98 Å². The first kappa shape index (κ1) is 14.9. The molecule has 0 bridgehead atoms. The van der Waals surface area contributed by atoms with Crippen LogP contribution in [0.1, 0.15) is 0 Å². The Morgan fingerprint density at radius 3 is 2.57 bits per heavy atom. The predicted molar refractivity (Wildman–Crippen MR) is 94.2 cm³/mol. The van der Waals surface area contributed by atoms with Gasteiger partial charge >= 0.3 is 0 Å². The number of morpholine rings is 1. The fourth-order valence-electron chi connectivity index (χ4n) is 2.71. The first-order valence-electron chi connectivity index (χ1n) is 7.36. The van der Waals surface area contributed by atoms with Gasteiger partial charge in [0.05, 0.1) is 18.9 Å². The maximum Gasteiger partial charge on any atom is 0.159 e. The summed E-state index contributed by atoms with van der Waals surface area (Å²) < 4.78 is 8.32. The van der Waals surface area contributed by atoms with Crippen molar-refractivity contribution in [2.45, 2.75) is 0 Å². The summed E-state index contributed by atoms with van der Waals surface area (Å²) in [5, 5.41) is 5.20. The number of ether oxygens (including phenoxy) is 1. The van der Waals surface area contributed by atoms with Gasteiger partial charge in [-0.05, 0) is 12.1 Å². The van der Waals surface area contributed by atoms with E-state index < -0.39 is 0 Å². The van der Waals surface area contributed by atoms with E-state index in [1.165, 1.54) is 0 Å². The molecule has 0 saturated carbocycles. The van der Waals surface area contributed by atoms with Crippen LogP contribution >= 0.6 is 27.5 Å². The molecule has 0 unspecified atom stereocenters. The first-order chi connectivity index (χ1) is 11.2. The van der Waals surface area contributed by atoms with E-state index in [-0.39, 0.29) is 0 Å². The summed E-state index contributed by atoms with van der Waals surface area (Å²) in [5.41, 5.74) is 2.67. The van der Waals surface area contributed by atoms with Gasteiger partial charge in [0.15, 0.2) is 5.65 Å². The molecular formula is C16H14BrClN4O. The second-order valence-electron chi connectivity index (χ2n) is 5.34. The van der Waals surface area contributed by atoms with Crippen LogP contribution in [0.3, 0.4) is 0 Å². The van der Waals surface area contributed by atoms with Crippen molar-refractivity contribution in [3.8, 4) is 11.3 Å². The van der Waals surface area contributed by atoms with Crippen molar-refractivity contribution in [3.63, 3.8) is 0 Å². The van der Waals surface area contributed by atoms with Crippen molar-refractivity contribution in [2.75, 3.05) is 31.2 Å². The lowest BCUT2D eigenvalue weighted by atomic mass is 10.2. The molecule has 4 rings (SSSR count). The number of hydrogen-bond donors (Lipinski definition) is 0. The summed E-state index contributed by atoms with van der Waals surface area (Å²) in [5.74, 6) is 0.951. The standard InChI is InChI=1S/C16H14BrClN4O/c17-12-3-1-11(2-4-12)13-9-15-19-14(18)10-16(22(15)20-13)21-5-7-23-8-6-21/h1-4,9-10H,5-8H2. The maximum absolute atomic E-state index is 6.20. The molecule has 0 atom stereocenters. The molecule has 1 fully saturated rings. The Labute approximate surface area is 147 Å². The second kappa shape index (κ2) is 6.11. The van der Waals surface area contributed by atoms with Crippen molar-refractivity contribution in [2.24, 2.45) is 0 Å². The lowest BCUT2D eigenvalue weighted by Gasteiger charge is -2.28. The maximum atomic E-state index is 6.20. The van der Waals surface area contributed by atoms with Crippen LogP contribution in [0.4, 0.5) is 5.82 Å². The van der Waals surface area contributed by atoms with E-state index in [9.17, 15) is 0 Å². The SMILES string of the molecule is Clc1cc(N2CCOCC2)n2nc(-c3ccc(Br)cc3)cc2n1. The van der Waals surface area contributed by atoms with Gasteiger partial charge in [0.25, 0.3) is 0 Å². The van der Waals surface area contributed by atoms with Gasteiger partial charge in [-0.2, -0.15) is 9.61 Å². The third-order valence-corrected chi connectivity index (χ3v) is 4.57. The summed E-state index contributed by atoms with van der Waals surface area (Å²) in [7, 11) is 0. The molecule has 23 heavy (non-hydrogen) atoms. The number of rotatable bonds is 2. The largest absolute Gasteiger partial charge is 0.378 e. The van der Waals surface area contributed by atoms with Crippen molar-refractivity contribution in [3.05, 3.63) is 46.0 Å². The van der Waals surface area contributed by atoms with Crippen LogP contribution in [0.2, 0.25) is 5.15 Å². The number of nitrogens with zero attached hydrogens (tertiary/aromatic N) is 4. The topological polar surface area (TPSA) is 42.7 Å². The third kappa shape index (κ3) is 2.94. The van der Waals surface area contributed by atoms with Crippen LogP contribution in [-0.2, 0) is 4.74 Å². The minimum Gasteiger partial charge on any atom is -0.378 e. The van der Waals surface area contributed by atoms with Gasteiger partial charge in [0.1, 0.15) is 11.0 Å². The molecule has 0 spiro atoms. The molecule has 2 aromatic heterocycles. The number of fused-ring (bicyclic) bond motifs is 1. The fraction of sp³-hybridized carbons (Fsp3) is 0.250. The van der Waals surface area contributed by atoms with E-state index in [2.05, 4.69) is 25.8 Å². The molecular weight excluding hydrogens is 380 g/mol. The molecule has 3 heterocycles. The zero-order valence-electron chi connectivity index (χ0n) is 12.2. The van der Waals surface area contributed by atoms with E-state index in [1.54, 1.807) is 0 Å². The van der Waals surface area contributed by atoms with Crippen LogP contribution in [0.25, 0.3) is 16.9 Å². The molecule has 0 amide bonds. The van der Waals surface area contributed by atoms with E-state index in [1.807, 2.05) is 40.9 Å². The summed E-state index contributed by atoms with van der Waals surface area (Å²) in [6, 6.07) is 11.9. The molecule has 0 aliphatic carbocycles. The van der Waals surface area contributed by atoms with E-state index in [0.29, 0.717) is 18.4 Å². The van der Waals surface area contributed by atoms with Crippen LogP contribution in [0.15, 0.2) is 40.9 Å². The molecule has 0 N–H and O–H groups in total. The number of halogens is 2. The van der Waals surface area contributed by atoms with Gasteiger partial charge in [0, 0.05) is 35.3 Å². The molecule has 7 heteroatoms. The smallest absolute Gasteiger partial charge is 0.159 e. The van der Waals surface area contributed by atoms with Crippen LogP contribution in [0.5, 0.6) is 0 Å². The summed E-state index contributed by atoms with van der Waals surface area (Å²) in [4.78, 5) is 6.62. The summed E-state index contributed by atoms with van der Waals surface area (Å²) in [6.07, 6.45) is 0. The monoisotopic (exact) mass is 392 g/mol.